The molecule has 0 radical (unpaired) electrons. The molecule has 4 rings (SSSR count). The van der Waals surface area contributed by atoms with Crippen LogP contribution in [-0.2, 0) is 17.3 Å². The van der Waals surface area contributed by atoms with Crippen molar-refractivity contribution in [2.24, 2.45) is 0 Å². The fraction of sp³-hybridized carbons (Fsp3) is 0.355. The molecule has 0 saturated heterocycles. The van der Waals surface area contributed by atoms with Crippen LogP contribution in [0.4, 0.5) is 17.6 Å². The molecule has 0 aliphatic rings. The average Bonchev–Trinajstić information content (AvgIpc) is 2.91. The van der Waals surface area contributed by atoms with Crippen LogP contribution >= 0.6 is 0 Å². The van der Waals surface area contributed by atoms with E-state index < -0.39 is 45.2 Å². The van der Waals surface area contributed by atoms with E-state index in [9.17, 15) is 0 Å². The first-order chi connectivity index (χ1) is 17.7. The molecule has 2 aromatic heterocycles. The summed E-state index contributed by atoms with van der Waals surface area (Å²) in [5.74, 6) is -5.34. The van der Waals surface area contributed by atoms with Crippen LogP contribution in [0.25, 0.3) is 21.8 Å². The molecule has 0 amide bonds. The Morgan fingerprint density at radius 2 is 1.43 bits per heavy atom. The number of fused-ring (bicyclic) bond motifs is 3. The van der Waals surface area contributed by atoms with Gasteiger partial charge in [0, 0.05) is 39.7 Å². The van der Waals surface area contributed by atoms with Crippen molar-refractivity contribution in [2.75, 3.05) is 0 Å². The van der Waals surface area contributed by atoms with E-state index in [2.05, 4.69) is 16.5 Å². The fourth-order valence-corrected chi connectivity index (χ4v) is 5.47. The van der Waals surface area contributed by atoms with E-state index >= 15 is 17.6 Å². The lowest BCUT2D eigenvalue weighted by molar-refractivity contribution is 0.336. The Kier molecular flexibility index (Phi) is 7.40. The Morgan fingerprint density at radius 1 is 0.838 bits per heavy atom. The summed E-state index contributed by atoms with van der Waals surface area (Å²) in [4.78, 5) is 9.03. The maximum atomic E-state index is 15.8. The predicted molar refractivity (Wildman–Crippen MR) is 142 cm³/mol. The summed E-state index contributed by atoms with van der Waals surface area (Å²) in [5.41, 5.74) is -1.42. The van der Waals surface area contributed by atoms with Crippen LogP contribution < -0.4 is 0 Å². The number of hydrogen-bond acceptors (Lipinski definition) is 2. The molecule has 4 aromatic rings. The van der Waals surface area contributed by atoms with Gasteiger partial charge in [-0.15, -0.1) is 6.58 Å². The third-order valence-corrected chi connectivity index (χ3v) is 8.01. The highest BCUT2D eigenvalue weighted by Crippen LogP contribution is 2.44. The summed E-state index contributed by atoms with van der Waals surface area (Å²) in [7, 11) is 0. The quantitative estimate of drug-likeness (QED) is 0.0976. The van der Waals surface area contributed by atoms with Gasteiger partial charge in [0.2, 0.25) is 0 Å². The summed E-state index contributed by atoms with van der Waals surface area (Å²) in [6.45, 7) is 10.9. The lowest BCUT2D eigenvalue weighted by Gasteiger charge is -2.34. The van der Waals surface area contributed by atoms with E-state index in [1.807, 2.05) is 37.3 Å². The number of rotatable bonds is 9. The number of pyridine rings is 2. The summed E-state index contributed by atoms with van der Waals surface area (Å²) >= 11 is 0. The molecule has 1 atom stereocenters. The van der Waals surface area contributed by atoms with Gasteiger partial charge in [0.25, 0.3) is 0 Å². The average molecular weight is 509 g/mol. The highest BCUT2D eigenvalue weighted by molar-refractivity contribution is 6.02. The highest BCUT2D eigenvalue weighted by atomic mass is 19.2. The van der Waals surface area contributed by atoms with Crippen molar-refractivity contribution in [3.8, 4) is 0 Å². The van der Waals surface area contributed by atoms with Gasteiger partial charge in [0.05, 0.1) is 11.0 Å². The van der Waals surface area contributed by atoms with E-state index in [0.717, 1.165) is 16.3 Å². The largest absolute Gasteiger partial charge is 0.254 e. The minimum atomic E-state index is -1.37. The Morgan fingerprint density at radius 3 is 2.03 bits per heavy atom. The number of benzene rings is 2. The molecule has 0 aliphatic heterocycles. The maximum absolute atomic E-state index is 15.8. The Bertz CT molecular complexity index is 1450. The first-order valence-corrected chi connectivity index (χ1v) is 12.8. The van der Waals surface area contributed by atoms with Crippen LogP contribution in [0, 0.1) is 23.3 Å². The van der Waals surface area contributed by atoms with Gasteiger partial charge >= 0.3 is 0 Å². The van der Waals surface area contributed by atoms with Crippen LogP contribution in [0.3, 0.4) is 0 Å². The van der Waals surface area contributed by atoms with Crippen molar-refractivity contribution in [1.82, 2.24) is 9.97 Å². The van der Waals surface area contributed by atoms with E-state index in [0.29, 0.717) is 30.3 Å². The van der Waals surface area contributed by atoms with Crippen molar-refractivity contribution in [2.45, 2.75) is 70.6 Å². The zero-order valence-corrected chi connectivity index (χ0v) is 21.8. The second-order valence-corrected chi connectivity index (χ2v) is 10.1. The van der Waals surface area contributed by atoms with Crippen molar-refractivity contribution >= 4 is 21.8 Å². The predicted octanol–water partition coefficient (Wildman–Crippen LogP) is 8.88. The molecule has 0 N–H and O–H groups in total. The lowest BCUT2D eigenvalue weighted by atomic mass is 9.70. The molecule has 0 fully saturated rings. The van der Waals surface area contributed by atoms with Gasteiger partial charge in [-0.2, -0.15) is 0 Å². The molecule has 0 bridgehead atoms. The van der Waals surface area contributed by atoms with Crippen LogP contribution in [0.2, 0.25) is 0 Å². The molecule has 6 heteroatoms. The summed E-state index contributed by atoms with van der Waals surface area (Å²) in [6, 6.07) is 9.53. The monoisotopic (exact) mass is 508 g/mol. The molecule has 1 unspecified atom stereocenters. The molecular weight excluding hydrogens is 476 g/mol. The van der Waals surface area contributed by atoms with E-state index in [1.54, 1.807) is 33.2 Å². The molecule has 37 heavy (non-hydrogen) atoms. The van der Waals surface area contributed by atoms with Gasteiger partial charge in [0.15, 0.2) is 23.3 Å². The highest BCUT2D eigenvalue weighted by Gasteiger charge is 2.42. The van der Waals surface area contributed by atoms with Gasteiger partial charge in [-0.05, 0) is 48.8 Å². The van der Waals surface area contributed by atoms with Gasteiger partial charge in [-0.25, -0.2) is 17.6 Å². The summed E-state index contributed by atoms with van der Waals surface area (Å²) in [5, 5.41) is 1.76. The molecule has 2 aromatic carbocycles. The molecule has 0 aliphatic carbocycles. The third-order valence-electron chi connectivity index (χ3n) is 8.01. The minimum absolute atomic E-state index is 0.0818. The van der Waals surface area contributed by atoms with E-state index in [4.69, 9.17) is 0 Å². The lowest BCUT2D eigenvalue weighted by Crippen LogP contribution is -2.33. The first-order valence-electron chi connectivity index (χ1n) is 12.8. The van der Waals surface area contributed by atoms with Crippen LogP contribution in [0.5, 0.6) is 0 Å². The normalized spacial score (nSPS) is 13.7. The molecule has 2 nitrogen and oxygen atoms in total. The van der Waals surface area contributed by atoms with Crippen LogP contribution in [0.15, 0.2) is 55.4 Å². The third kappa shape index (κ3) is 4.41. The van der Waals surface area contributed by atoms with E-state index in [1.165, 1.54) is 6.08 Å². The fourth-order valence-electron chi connectivity index (χ4n) is 5.47. The zero-order chi connectivity index (χ0) is 27.0. The second kappa shape index (κ2) is 10.2. The first kappa shape index (κ1) is 26.8. The number of hydrogen-bond donors (Lipinski definition) is 0. The Hall–Kier alpha value is -3.28. The van der Waals surface area contributed by atoms with Crippen molar-refractivity contribution < 1.29 is 17.6 Å². The van der Waals surface area contributed by atoms with Gasteiger partial charge in [-0.1, -0.05) is 58.4 Å². The van der Waals surface area contributed by atoms with Gasteiger partial charge in [-0.3, -0.25) is 9.97 Å². The second-order valence-electron chi connectivity index (χ2n) is 10.1. The maximum Gasteiger partial charge on any atom is 0.166 e. The van der Waals surface area contributed by atoms with E-state index in [-0.39, 0.29) is 12.8 Å². The topological polar surface area (TPSA) is 25.8 Å². The molecule has 194 valence electrons. The Balaban J connectivity index is 1.90. The number of allylic oxidation sites excluding steroid dienone is 1. The minimum Gasteiger partial charge on any atom is -0.254 e. The van der Waals surface area contributed by atoms with Crippen LogP contribution in [0.1, 0.15) is 70.1 Å². The summed E-state index contributed by atoms with van der Waals surface area (Å²) in [6.07, 6.45) is 6.27. The van der Waals surface area contributed by atoms with Gasteiger partial charge < -0.3 is 0 Å². The molecular formula is C31H32F4N2. The van der Waals surface area contributed by atoms with Crippen molar-refractivity contribution in [3.63, 3.8) is 0 Å². The standard InChI is InChI=1S/C31H32F4N2/c1-6-14-31(9-4,23-26(34)24(32)22(25(33)27(23)35)30(5,7-2)8-3)17-19-16-21-13-12-20-11-10-15-36-28(20)29(21)37-18-19/h9-13,15-16,18H,4,6-8,14,17H2,1-3,5H3. The number of nitrogens with zero attached hydrogens (tertiary/aromatic N) is 2. The van der Waals surface area contributed by atoms with Crippen molar-refractivity contribution in [1.29, 1.82) is 0 Å². The SMILES string of the molecule is C=CC(CCC)(Cc1cnc2c(ccc3cccnc32)c1)c1c(F)c(F)c(C(C)(CC)CC)c(F)c1F. The zero-order valence-electron chi connectivity index (χ0n) is 21.8. The summed E-state index contributed by atoms with van der Waals surface area (Å²) < 4.78 is 62.7. The number of aromatic nitrogens is 2. The Labute approximate surface area is 215 Å². The molecule has 0 spiro atoms. The van der Waals surface area contributed by atoms with Crippen LogP contribution in [-0.4, -0.2) is 9.97 Å². The molecule has 2 heterocycles. The number of halogens is 4. The van der Waals surface area contributed by atoms with Gasteiger partial charge in [0.1, 0.15) is 0 Å². The molecule has 0 saturated carbocycles. The van der Waals surface area contributed by atoms with Crippen molar-refractivity contribution in [3.05, 3.63) is 95.3 Å². The smallest absolute Gasteiger partial charge is 0.166 e.